The van der Waals surface area contributed by atoms with Crippen LogP contribution in [0.2, 0.25) is 0 Å². The fourth-order valence-corrected chi connectivity index (χ4v) is 3.60. The Labute approximate surface area is 173 Å². The smallest absolute Gasteiger partial charge is 0.243 e. The highest BCUT2D eigenvalue weighted by atomic mass is 16.2. The molecule has 154 valence electrons. The number of nitrogens with one attached hydrogen (secondary N) is 3. The number of benzene rings is 2. The minimum atomic E-state index is -0.545. The molecule has 29 heavy (non-hydrogen) atoms. The van der Waals surface area contributed by atoms with E-state index in [0.717, 1.165) is 12.0 Å². The van der Waals surface area contributed by atoms with Gasteiger partial charge in [0.1, 0.15) is 6.04 Å². The lowest BCUT2D eigenvalue weighted by Crippen LogP contribution is -2.56. The van der Waals surface area contributed by atoms with Crippen LogP contribution in [0, 0.1) is 12.8 Å². The van der Waals surface area contributed by atoms with Crippen molar-refractivity contribution in [2.45, 2.75) is 58.8 Å². The third kappa shape index (κ3) is 5.45. The molecule has 0 saturated heterocycles. The largest absolute Gasteiger partial charge is 0.350 e. The summed E-state index contributed by atoms with van der Waals surface area (Å²) in [4.78, 5) is 25.8. The molecule has 1 heterocycles. The van der Waals surface area contributed by atoms with E-state index in [1.807, 2.05) is 57.2 Å². The van der Waals surface area contributed by atoms with Crippen molar-refractivity contribution in [2.24, 2.45) is 5.92 Å². The summed E-state index contributed by atoms with van der Waals surface area (Å²) in [7, 11) is 0. The summed E-state index contributed by atoms with van der Waals surface area (Å²) < 4.78 is 0. The topological polar surface area (TPSA) is 70.2 Å². The van der Waals surface area contributed by atoms with Gasteiger partial charge in [-0.15, -0.1) is 0 Å². The zero-order chi connectivity index (χ0) is 20.8. The fraction of sp³-hybridized carbons (Fsp3) is 0.417. The molecule has 2 aromatic rings. The highest BCUT2D eigenvalue weighted by Crippen LogP contribution is 2.17. The van der Waals surface area contributed by atoms with Crippen LogP contribution in [0.15, 0.2) is 48.5 Å². The van der Waals surface area contributed by atoms with Gasteiger partial charge in [-0.25, -0.2) is 0 Å². The van der Waals surface area contributed by atoms with Crippen LogP contribution in [0.25, 0.3) is 0 Å². The first kappa shape index (κ1) is 21.1. The molecule has 1 aliphatic rings. The molecule has 3 atom stereocenters. The summed E-state index contributed by atoms with van der Waals surface area (Å²) in [6, 6.07) is 15.4. The van der Waals surface area contributed by atoms with Gasteiger partial charge in [0, 0.05) is 13.1 Å². The summed E-state index contributed by atoms with van der Waals surface area (Å²) in [5.41, 5.74) is 4.65. The van der Waals surface area contributed by atoms with Gasteiger partial charge in [-0.1, -0.05) is 74.4 Å². The van der Waals surface area contributed by atoms with Crippen LogP contribution >= 0.6 is 0 Å². The predicted octanol–water partition coefficient (Wildman–Crippen LogP) is 2.86. The number of aryl methyl sites for hydroxylation is 1. The summed E-state index contributed by atoms with van der Waals surface area (Å²) in [6.07, 6.45) is 1.45. The molecule has 0 aromatic heterocycles. The van der Waals surface area contributed by atoms with Crippen molar-refractivity contribution in [3.05, 3.63) is 70.8 Å². The van der Waals surface area contributed by atoms with Gasteiger partial charge in [0.15, 0.2) is 0 Å². The number of fused-ring (bicyclic) bond motifs is 1. The van der Waals surface area contributed by atoms with Crippen LogP contribution in [-0.2, 0) is 29.1 Å². The SMILES string of the molecule is CC[C@H](C)[C@H](NC(=O)[C@H]1Cc2ccccc2CN1)C(=O)NCc1ccc(C)cc1. The molecule has 0 unspecified atom stereocenters. The highest BCUT2D eigenvalue weighted by molar-refractivity contribution is 5.90. The number of hydrogen-bond acceptors (Lipinski definition) is 3. The Morgan fingerprint density at radius 3 is 2.48 bits per heavy atom. The lowest BCUT2D eigenvalue weighted by Gasteiger charge is -2.29. The lowest BCUT2D eigenvalue weighted by molar-refractivity contribution is -0.131. The summed E-state index contributed by atoms with van der Waals surface area (Å²) in [5, 5.41) is 9.28. The van der Waals surface area contributed by atoms with Gasteiger partial charge >= 0.3 is 0 Å². The average Bonchev–Trinajstić information content (AvgIpc) is 2.75. The standard InChI is InChI=1S/C24H31N3O2/c1-4-17(3)22(24(29)26-14-18-11-9-16(2)10-12-18)27-23(28)21-13-19-7-5-6-8-20(19)15-25-21/h5-12,17,21-22,25H,4,13-15H2,1-3H3,(H,26,29)(H,27,28)/t17-,21+,22-/m0/s1. The minimum Gasteiger partial charge on any atom is -0.350 e. The molecule has 2 amide bonds. The van der Waals surface area contributed by atoms with E-state index in [-0.39, 0.29) is 23.8 Å². The molecule has 0 saturated carbocycles. The van der Waals surface area contributed by atoms with Crippen LogP contribution in [-0.4, -0.2) is 23.9 Å². The predicted molar refractivity (Wildman–Crippen MR) is 115 cm³/mol. The van der Waals surface area contributed by atoms with E-state index in [4.69, 9.17) is 0 Å². The van der Waals surface area contributed by atoms with E-state index in [2.05, 4.69) is 28.1 Å². The van der Waals surface area contributed by atoms with Crippen molar-refractivity contribution >= 4 is 11.8 Å². The highest BCUT2D eigenvalue weighted by Gasteiger charge is 2.30. The zero-order valence-corrected chi connectivity index (χ0v) is 17.5. The summed E-state index contributed by atoms with van der Waals surface area (Å²) in [6.45, 7) is 7.19. The number of hydrogen-bond donors (Lipinski definition) is 3. The van der Waals surface area contributed by atoms with Gasteiger partial charge in [0.25, 0.3) is 0 Å². The first-order valence-corrected chi connectivity index (χ1v) is 10.4. The third-order valence-corrected chi connectivity index (χ3v) is 5.78. The van der Waals surface area contributed by atoms with Crippen LogP contribution < -0.4 is 16.0 Å². The Hall–Kier alpha value is -2.66. The maximum absolute atomic E-state index is 12.9. The quantitative estimate of drug-likeness (QED) is 0.677. The van der Waals surface area contributed by atoms with Gasteiger partial charge in [-0.05, 0) is 36.0 Å². The molecule has 2 aromatic carbocycles. The monoisotopic (exact) mass is 393 g/mol. The first-order valence-electron chi connectivity index (χ1n) is 10.4. The Kier molecular flexibility index (Phi) is 7.04. The second kappa shape index (κ2) is 9.70. The number of rotatable bonds is 7. The van der Waals surface area contributed by atoms with Crippen molar-refractivity contribution < 1.29 is 9.59 Å². The van der Waals surface area contributed by atoms with Crippen LogP contribution in [0.4, 0.5) is 0 Å². The second-order valence-electron chi connectivity index (χ2n) is 7.98. The number of amides is 2. The van der Waals surface area contributed by atoms with Crippen molar-refractivity contribution in [1.29, 1.82) is 0 Å². The number of carbonyl (C=O) groups excluding carboxylic acids is 2. The Morgan fingerprint density at radius 2 is 1.79 bits per heavy atom. The van der Waals surface area contributed by atoms with Crippen LogP contribution in [0.3, 0.4) is 0 Å². The van der Waals surface area contributed by atoms with E-state index in [1.54, 1.807) is 0 Å². The van der Waals surface area contributed by atoms with Gasteiger partial charge in [0.2, 0.25) is 11.8 Å². The Bertz CT molecular complexity index is 847. The molecule has 1 aliphatic heterocycles. The van der Waals surface area contributed by atoms with E-state index in [0.29, 0.717) is 19.5 Å². The molecule has 0 radical (unpaired) electrons. The van der Waals surface area contributed by atoms with Gasteiger partial charge < -0.3 is 16.0 Å². The fourth-order valence-electron chi connectivity index (χ4n) is 3.60. The van der Waals surface area contributed by atoms with E-state index < -0.39 is 6.04 Å². The summed E-state index contributed by atoms with van der Waals surface area (Å²) in [5.74, 6) is -0.201. The number of carbonyl (C=O) groups is 2. The van der Waals surface area contributed by atoms with E-state index >= 15 is 0 Å². The molecular weight excluding hydrogens is 362 g/mol. The molecule has 0 spiro atoms. The van der Waals surface area contributed by atoms with Crippen molar-refractivity contribution in [3.63, 3.8) is 0 Å². The minimum absolute atomic E-state index is 0.0489. The molecule has 0 aliphatic carbocycles. The van der Waals surface area contributed by atoms with Crippen LogP contribution in [0.1, 0.15) is 42.5 Å². The van der Waals surface area contributed by atoms with Gasteiger partial charge in [0.05, 0.1) is 6.04 Å². The lowest BCUT2D eigenvalue weighted by atomic mass is 9.94. The van der Waals surface area contributed by atoms with Crippen LogP contribution in [0.5, 0.6) is 0 Å². The second-order valence-corrected chi connectivity index (χ2v) is 7.98. The van der Waals surface area contributed by atoms with Crippen molar-refractivity contribution in [3.8, 4) is 0 Å². The molecule has 5 nitrogen and oxygen atoms in total. The maximum atomic E-state index is 12.9. The Balaban J connectivity index is 1.61. The van der Waals surface area contributed by atoms with Crippen molar-refractivity contribution in [2.75, 3.05) is 0 Å². The summed E-state index contributed by atoms with van der Waals surface area (Å²) >= 11 is 0. The molecule has 0 fully saturated rings. The molecular formula is C24H31N3O2. The first-order chi connectivity index (χ1) is 14.0. The van der Waals surface area contributed by atoms with Gasteiger partial charge in [-0.2, -0.15) is 0 Å². The molecule has 5 heteroatoms. The Morgan fingerprint density at radius 1 is 1.10 bits per heavy atom. The third-order valence-electron chi connectivity index (χ3n) is 5.78. The molecule has 3 rings (SSSR count). The van der Waals surface area contributed by atoms with Crippen molar-refractivity contribution in [1.82, 2.24) is 16.0 Å². The van der Waals surface area contributed by atoms with E-state index in [9.17, 15) is 9.59 Å². The zero-order valence-electron chi connectivity index (χ0n) is 17.5. The average molecular weight is 394 g/mol. The normalized spacial score (nSPS) is 17.7. The van der Waals surface area contributed by atoms with Gasteiger partial charge in [-0.3, -0.25) is 9.59 Å². The van der Waals surface area contributed by atoms with E-state index in [1.165, 1.54) is 16.7 Å². The molecule has 0 bridgehead atoms. The molecule has 3 N–H and O–H groups in total. The maximum Gasteiger partial charge on any atom is 0.243 e.